The summed E-state index contributed by atoms with van der Waals surface area (Å²) in [6, 6.07) is 21.3. The average Bonchev–Trinajstić information content (AvgIpc) is 3.51. The summed E-state index contributed by atoms with van der Waals surface area (Å²) in [5, 5.41) is 2.89. The zero-order valence-corrected chi connectivity index (χ0v) is 22.9. The van der Waals surface area contributed by atoms with E-state index in [4.69, 9.17) is 0 Å². The second-order valence-electron chi connectivity index (χ2n) is 9.78. The lowest BCUT2D eigenvalue weighted by Crippen LogP contribution is -2.47. The molecule has 1 N–H and O–H groups in total. The van der Waals surface area contributed by atoms with E-state index in [9.17, 15) is 22.4 Å². The molecular formula is C30H34FN3O4S. The number of sulfonamides is 1. The highest BCUT2D eigenvalue weighted by atomic mass is 32.2. The van der Waals surface area contributed by atoms with Crippen molar-refractivity contribution in [2.24, 2.45) is 0 Å². The van der Waals surface area contributed by atoms with Crippen molar-refractivity contribution in [2.75, 3.05) is 13.1 Å². The van der Waals surface area contributed by atoms with Crippen LogP contribution in [0.1, 0.15) is 42.9 Å². The number of rotatable bonds is 11. The van der Waals surface area contributed by atoms with Crippen molar-refractivity contribution < 1.29 is 22.4 Å². The van der Waals surface area contributed by atoms with E-state index in [0.29, 0.717) is 31.6 Å². The number of halogens is 1. The van der Waals surface area contributed by atoms with Crippen LogP contribution in [0.25, 0.3) is 0 Å². The van der Waals surface area contributed by atoms with Crippen LogP contribution in [0.5, 0.6) is 0 Å². The summed E-state index contributed by atoms with van der Waals surface area (Å²) >= 11 is 0. The number of nitrogens with zero attached hydrogens (tertiary/aromatic N) is 2. The van der Waals surface area contributed by atoms with Crippen molar-refractivity contribution in [2.45, 2.75) is 56.6 Å². The van der Waals surface area contributed by atoms with Crippen LogP contribution in [0.2, 0.25) is 0 Å². The van der Waals surface area contributed by atoms with Gasteiger partial charge in [0.15, 0.2) is 0 Å². The zero-order valence-electron chi connectivity index (χ0n) is 22.1. The van der Waals surface area contributed by atoms with Gasteiger partial charge in [0.1, 0.15) is 11.9 Å². The molecular weight excluding hydrogens is 517 g/mol. The largest absolute Gasteiger partial charge is 0.350 e. The van der Waals surface area contributed by atoms with Crippen LogP contribution in [0.4, 0.5) is 4.39 Å². The number of nitrogens with one attached hydrogen (secondary N) is 1. The smallest absolute Gasteiger partial charge is 0.243 e. The highest BCUT2D eigenvalue weighted by Crippen LogP contribution is 2.22. The van der Waals surface area contributed by atoms with Crippen molar-refractivity contribution in [3.63, 3.8) is 0 Å². The molecule has 39 heavy (non-hydrogen) atoms. The fraction of sp³-hybridized carbons (Fsp3) is 0.333. The lowest BCUT2D eigenvalue weighted by Gasteiger charge is -2.29. The summed E-state index contributed by atoms with van der Waals surface area (Å²) in [6.45, 7) is 3.26. The van der Waals surface area contributed by atoms with Gasteiger partial charge in [0, 0.05) is 32.6 Å². The maximum absolute atomic E-state index is 13.4. The molecule has 3 aromatic carbocycles. The first kappa shape index (κ1) is 28.4. The Balaban J connectivity index is 1.42. The monoisotopic (exact) mass is 551 g/mol. The summed E-state index contributed by atoms with van der Waals surface area (Å²) in [6.07, 6.45) is 2.27. The standard InChI is InChI=1S/C30H34FN3O4S/c1-23(30(36)32-21-25-7-3-2-4-8-25)34(22-26-9-14-27(31)15-10-26)29(35)18-13-24-11-16-28(17-12-24)39(37,38)33-19-5-6-20-33/h2-4,7-12,14-17,23H,5-6,13,18-22H2,1H3,(H,32,36)/t23-/m1/s1. The molecule has 0 unspecified atom stereocenters. The lowest BCUT2D eigenvalue weighted by atomic mass is 10.1. The zero-order chi connectivity index (χ0) is 27.8. The van der Waals surface area contributed by atoms with Crippen LogP contribution < -0.4 is 5.32 Å². The molecule has 0 spiro atoms. The van der Waals surface area contributed by atoms with Crippen molar-refractivity contribution in [3.05, 3.63) is 101 Å². The van der Waals surface area contributed by atoms with E-state index < -0.39 is 16.1 Å². The van der Waals surface area contributed by atoms with E-state index in [1.165, 1.54) is 21.3 Å². The predicted octanol–water partition coefficient (Wildman–Crippen LogP) is 4.28. The molecule has 1 fully saturated rings. The van der Waals surface area contributed by atoms with Crippen molar-refractivity contribution >= 4 is 21.8 Å². The van der Waals surface area contributed by atoms with Gasteiger partial charge in [0.25, 0.3) is 0 Å². The van der Waals surface area contributed by atoms with Crippen molar-refractivity contribution in [3.8, 4) is 0 Å². The Morgan fingerprint density at radius 1 is 0.897 bits per heavy atom. The Kier molecular flexibility index (Phi) is 9.48. The summed E-state index contributed by atoms with van der Waals surface area (Å²) in [5.41, 5.74) is 2.49. The maximum Gasteiger partial charge on any atom is 0.243 e. The van der Waals surface area contributed by atoms with E-state index in [2.05, 4.69) is 5.32 Å². The van der Waals surface area contributed by atoms with Crippen LogP contribution in [0.3, 0.4) is 0 Å². The number of carbonyl (C=O) groups is 2. The van der Waals surface area contributed by atoms with E-state index in [0.717, 1.165) is 24.0 Å². The van der Waals surface area contributed by atoms with Crippen molar-refractivity contribution in [1.82, 2.24) is 14.5 Å². The highest BCUT2D eigenvalue weighted by Gasteiger charge is 2.28. The topological polar surface area (TPSA) is 86.8 Å². The molecule has 4 rings (SSSR count). The van der Waals surface area contributed by atoms with Gasteiger partial charge in [-0.2, -0.15) is 4.31 Å². The quantitative estimate of drug-likeness (QED) is 0.386. The van der Waals surface area contributed by atoms with Crippen LogP contribution in [-0.2, 0) is 39.1 Å². The van der Waals surface area contributed by atoms with Gasteiger partial charge in [-0.1, -0.05) is 54.6 Å². The predicted molar refractivity (Wildman–Crippen MR) is 147 cm³/mol. The summed E-state index contributed by atoms with van der Waals surface area (Å²) < 4.78 is 40.5. The second-order valence-corrected chi connectivity index (χ2v) is 11.7. The minimum atomic E-state index is -3.50. The molecule has 9 heteroatoms. The van der Waals surface area contributed by atoms with E-state index >= 15 is 0 Å². The van der Waals surface area contributed by atoms with Gasteiger partial charge < -0.3 is 10.2 Å². The third kappa shape index (κ3) is 7.52. The van der Waals surface area contributed by atoms with E-state index in [1.54, 1.807) is 43.3 Å². The Bertz CT molecular complexity index is 1360. The lowest BCUT2D eigenvalue weighted by molar-refractivity contribution is -0.140. The summed E-state index contributed by atoms with van der Waals surface area (Å²) in [4.78, 5) is 28.1. The molecule has 1 aliphatic rings. The van der Waals surface area contributed by atoms with Crippen LogP contribution in [0, 0.1) is 5.82 Å². The molecule has 0 bridgehead atoms. The molecule has 2 amide bonds. The minimum absolute atomic E-state index is 0.135. The molecule has 0 aliphatic carbocycles. The third-order valence-corrected chi connectivity index (χ3v) is 8.91. The van der Waals surface area contributed by atoms with Gasteiger partial charge in [0.05, 0.1) is 4.90 Å². The SMILES string of the molecule is C[C@H](C(=O)NCc1ccccc1)N(Cc1ccc(F)cc1)C(=O)CCc1ccc(S(=O)(=O)N2CCCC2)cc1. The summed E-state index contributed by atoms with van der Waals surface area (Å²) in [7, 11) is -3.50. The molecule has 7 nitrogen and oxygen atoms in total. The van der Waals surface area contributed by atoms with E-state index in [-0.39, 0.29) is 35.5 Å². The molecule has 1 saturated heterocycles. The van der Waals surface area contributed by atoms with Crippen molar-refractivity contribution in [1.29, 1.82) is 0 Å². The molecule has 1 aliphatic heterocycles. The number of hydrogen-bond donors (Lipinski definition) is 1. The fourth-order valence-corrected chi connectivity index (χ4v) is 6.12. The molecule has 0 aromatic heterocycles. The van der Waals surface area contributed by atoms with Crippen LogP contribution >= 0.6 is 0 Å². The Morgan fingerprint density at radius 3 is 2.15 bits per heavy atom. The Morgan fingerprint density at radius 2 is 1.51 bits per heavy atom. The number of benzene rings is 3. The normalized spacial score (nSPS) is 14.6. The molecule has 3 aromatic rings. The second kappa shape index (κ2) is 13.0. The minimum Gasteiger partial charge on any atom is -0.350 e. The molecule has 0 radical (unpaired) electrons. The van der Waals surface area contributed by atoms with Crippen LogP contribution in [0.15, 0.2) is 83.8 Å². The molecule has 1 atom stereocenters. The molecule has 206 valence electrons. The first-order valence-electron chi connectivity index (χ1n) is 13.2. The highest BCUT2D eigenvalue weighted by molar-refractivity contribution is 7.89. The number of amides is 2. The van der Waals surface area contributed by atoms with Gasteiger partial charge in [-0.25, -0.2) is 12.8 Å². The molecule has 0 saturated carbocycles. The van der Waals surface area contributed by atoms with E-state index in [1.807, 2.05) is 30.3 Å². The fourth-order valence-electron chi connectivity index (χ4n) is 4.60. The van der Waals surface area contributed by atoms with Gasteiger partial charge in [-0.15, -0.1) is 0 Å². The van der Waals surface area contributed by atoms with Gasteiger partial charge in [-0.05, 0) is 67.1 Å². The van der Waals surface area contributed by atoms with Gasteiger partial charge >= 0.3 is 0 Å². The Labute approximate surface area is 229 Å². The average molecular weight is 552 g/mol. The molecule has 1 heterocycles. The number of hydrogen-bond acceptors (Lipinski definition) is 4. The summed E-state index contributed by atoms with van der Waals surface area (Å²) in [5.74, 6) is -0.887. The number of aryl methyl sites for hydroxylation is 1. The van der Waals surface area contributed by atoms with Crippen LogP contribution in [-0.4, -0.2) is 48.6 Å². The first-order valence-corrected chi connectivity index (χ1v) is 14.6. The van der Waals surface area contributed by atoms with Gasteiger partial charge in [0.2, 0.25) is 21.8 Å². The third-order valence-electron chi connectivity index (χ3n) is 7.00. The maximum atomic E-state index is 13.4. The Hall–Kier alpha value is -3.56. The first-order chi connectivity index (χ1) is 18.7. The number of carbonyl (C=O) groups excluding carboxylic acids is 2. The van der Waals surface area contributed by atoms with Gasteiger partial charge in [-0.3, -0.25) is 9.59 Å².